The molecule has 110 valence electrons. The average Bonchev–Trinajstić information content (AvgIpc) is 3.22. The van der Waals surface area contributed by atoms with Gasteiger partial charge < -0.3 is 0 Å². The molecule has 21 heavy (non-hydrogen) atoms. The van der Waals surface area contributed by atoms with Gasteiger partial charge in [-0.25, -0.2) is 9.18 Å². The summed E-state index contributed by atoms with van der Waals surface area (Å²) in [5.41, 5.74) is -0.514. The predicted molar refractivity (Wildman–Crippen MR) is 79.2 cm³/mol. The van der Waals surface area contributed by atoms with Gasteiger partial charge in [0.1, 0.15) is 11.0 Å². The van der Waals surface area contributed by atoms with Gasteiger partial charge in [-0.15, -0.1) is 0 Å². The number of benzene rings is 1. The van der Waals surface area contributed by atoms with Gasteiger partial charge in [-0.05, 0) is 43.4 Å². The van der Waals surface area contributed by atoms with Gasteiger partial charge >= 0.3 is 5.69 Å². The van der Waals surface area contributed by atoms with Crippen LogP contribution in [0, 0.1) is 11.7 Å². The standard InChI is InChI=1S/C15H14ClFN2O2/c1-8(9-5-6-9)19-14(20)12(13(16)18-15(19)21)10-3-2-4-11(17)7-10/h2-4,7-9H,5-6H2,1H3,(H,18,21). The molecule has 6 heteroatoms. The Morgan fingerprint density at radius 2 is 2.10 bits per heavy atom. The van der Waals surface area contributed by atoms with Crippen LogP contribution in [-0.2, 0) is 0 Å². The van der Waals surface area contributed by atoms with E-state index in [9.17, 15) is 14.0 Å². The van der Waals surface area contributed by atoms with E-state index >= 15 is 0 Å². The molecule has 0 aliphatic heterocycles. The van der Waals surface area contributed by atoms with Crippen molar-refractivity contribution in [3.63, 3.8) is 0 Å². The van der Waals surface area contributed by atoms with Gasteiger partial charge in [0.05, 0.1) is 5.56 Å². The lowest BCUT2D eigenvalue weighted by atomic mass is 10.1. The molecule has 1 N–H and O–H groups in total. The molecule has 1 aliphatic carbocycles. The van der Waals surface area contributed by atoms with Crippen LogP contribution >= 0.6 is 11.6 Å². The topological polar surface area (TPSA) is 54.9 Å². The molecule has 0 radical (unpaired) electrons. The van der Waals surface area contributed by atoms with Crippen molar-refractivity contribution in [2.24, 2.45) is 5.92 Å². The maximum Gasteiger partial charge on any atom is 0.329 e. The zero-order chi connectivity index (χ0) is 15.1. The SMILES string of the molecule is CC(C1CC1)n1c(=O)[nH]c(Cl)c(-c2cccc(F)c2)c1=O. The van der Waals surface area contributed by atoms with Crippen LogP contribution < -0.4 is 11.2 Å². The summed E-state index contributed by atoms with van der Waals surface area (Å²) in [5.74, 6) is -0.124. The van der Waals surface area contributed by atoms with E-state index in [-0.39, 0.29) is 16.8 Å². The number of aromatic amines is 1. The highest BCUT2D eigenvalue weighted by molar-refractivity contribution is 6.32. The van der Waals surface area contributed by atoms with E-state index < -0.39 is 17.1 Å². The highest BCUT2D eigenvalue weighted by Crippen LogP contribution is 2.38. The van der Waals surface area contributed by atoms with Crippen molar-refractivity contribution in [1.82, 2.24) is 9.55 Å². The molecule has 1 fully saturated rings. The van der Waals surface area contributed by atoms with E-state index in [1.165, 1.54) is 22.8 Å². The highest BCUT2D eigenvalue weighted by atomic mass is 35.5. The number of hydrogen-bond donors (Lipinski definition) is 1. The molecule has 0 saturated heterocycles. The first-order valence-electron chi connectivity index (χ1n) is 6.79. The summed E-state index contributed by atoms with van der Waals surface area (Å²) in [6.45, 7) is 1.84. The van der Waals surface area contributed by atoms with Gasteiger partial charge in [-0.1, -0.05) is 23.7 Å². The van der Waals surface area contributed by atoms with Crippen LogP contribution in [0.5, 0.6) is 0 Å². The van der Waals surface area contributed by atoms with E-state index in [0.29, 0.717) is 11.5 Å². The average molecular weight is 309 g/mol. The number of rotatable bonds is 3. The lowest BCUT2D eigenvalue weighted by Gasteiger charge is -2.15. The molecule has 0 spiro atoms. The molecule has 4 nitrogen and oxygen atoms in total. The Morgan fingerprint density at radius 1 is 1.38 bits per heavy atom. The lowest BCUT2D eigenvalue weighted by Crippen LogP contribution is -2.38. The summed E-state index contributed by atoms with van der Waals surface area (Å²) in [5, 5.41) is -0.0603. The summed E-state index contributed by atoms with van der Waals surface area (Å²) in [6, 6.07) is 5.42. The molecule has 1 heterocycles. The van der Waals surface area contributed by atoms with Gasteiger partial charge in [0.15, 0.2) is 0 Å². The largest absolute Gasteiger partial charge is 0.329 e. The number of aromatic nitrogens is 2. The number of H-pyrrole nitrogens is 1. The number of hydrogen-bond acceptors (Lipinski definition) is 2. The van der Waals surface area contributed by atoms with Gasteiger partial charge in [-0.2, -0.15) is 0 Å². The van der Waals surface area contributed by atoms with Crippen LogP contribution in [0.25, 0.3) is 11.1 Å². The Morgan fingerprint density at radius 3 is 2.71 bits per heavy atom. The van der Waals surface area contributed by atoms with Crippen molar-refractivity contribution < 1.29 is 4.39 Å². The first-order valence-corrected chi connectivity index (χ1v) is 7.17. The molecular weight excluding hydrogens is 295 g/mol. The minimum absolute atomic E-state index is 0.0603. The summed E-state index contributed by atoms with van der Waals surface area (Å²) in [6.07, 6.45) is 2.01. The second-order valence-electron chi connectivity index (χ2n) is 5.38. The third-order valence-corrected chi connectivity index (χ3v) is 4.20. The third-order valence-electron chi connectivity index (χ3n) is 3.91. The van der Waals surface area contributed by atoms with Gasteiger partial charge in [-0.3, -0.25) is 14.3 Å². The Labute approximate surface area is 125 Å². The van der Waals surface area contributed by atoms with Crippen LogP contribution in [-0.4, -0.2) is 9.55 Å². The van der Waals surface area contributed by atoms with Crippen molar-refractivity contribution in [3.05, 3.63) is 56.1 Å². The zero-order valence-corrected chi connectivity index (χ0v) is 12.2. The van der Waals surface area contributed by atoms with Crippen LogP contribution in [0.3, 0.4) is 0 Å². The van der Waals surface area contributed by atoms with Crippen LogP contribution in [0.2, 0.25) is 5.15 Å². The predicted octanol–water partition coefficient (Wildman–Crippen LogP) is 2.97. The lowest BCUT2D eigenvalue weighted by molar-refractivity contribution is 0.452. The van der Waals surface area contributed by atoms with E-state index in [1.807, 2.05) is 6.92 Å². The zero-order valence-electron chi connectivity index (χ0n) is 11.4. The highest BCUT2D eigenvalue weighted by Gasteiger charge is 2.31. The van der Waals surface area contributed by atoms with Gasteiger partial charge in [0, 0.05) is 6.04 Å². The molecular formula is C15H14ClFN2O2. The third kappa shape index (κ3) is 2.53. The van der Waals surface area contributed by atoms with Crippen molar-refractivity contribution in [2.75, 3.05) is 0 Å². The Hall–Kier alpha value is -1.88. The smallest absolute Gasteiger partial charge is 0.297 e. The van der Waals surface area contributed by atoms with E-state index in [1.54, 1.807) is 6.07 Å². The van der Waals surface area contributed by atoms with Crippen molar-refractivity contribution >= 4 is 11.6 Å². The Balaban J connectivity index is 2.23. The first-order chi connectivity index (χ1) is 9.99. The molecule has 1 aromatic heterocycles. The molecule has 0 bridgehead atoms. The maximum absolute atomic E-state index is 13.4. The number of nitrogens with one attached hydrogen (secondary N) is 1. The molecule has 3 rings (SSSR count). The second kappa shape index (κ2) is 5.15. The monoisotopic (exact) mass is 308 g/mol. The Bertz CT molecular complexity index is 808. The van der Waals surface area contributed by atoms with Gasteiger partial charge in [0.2, 0.25) is 0 Å². The van der Waals surface area contributed by atoms with Crippen LogP contribution in [0.1, 0.15) is 25.8 Å². The van der Waals surface area contributed by atoms with Crippen molar-refractivity contribution in [1.29, 1.82) is 0 Å². The van der Waals surface area contributed by atoms with Crippen molar-refractivity contribution in [3.8, 4) is 11.1 Å². The normalized spacial score (nSPS) is 16.0. The minimum Gasteiger partial charge on any atom is -0.297 e. The summed E-state index contributed by atoms with van der Waals surface area (Å²) >= 11 is 6.00. The van der Waals surface area contributed by atoms with E-state index in [0.717, 1.165) is 12.8 Å². The molecule has 0 amide bonds. The molecule has 2 aromatic rings. The van der Waals surface area contributed by atoms with E-state index in [2.05, 4.69) is 4.98 Å². The van der Waals surface area contributed by atoms with Gasteiger partial charge in [0.25, 0.3) is 5.56 Å². The number of halogens is 2. The minimum atomic E-state index is -0.524. The fourth-order valence-electron chi connectivity index (χ4n) is 2.58. The molecule has 1 aliphatic rings. The molecule has 1 aromatic carbocycles. The maximum atomic E-state index is 13.4. The summed E-state index contributed by atoms with van der Waals surface area (Å²) in [7, 11) is 0. The molecule has 1 atom stereocenters. The van der Waals surface area contributed by atoms with Crippen LogP contribution in [0.4, 0.5) is 4.39 Å². The summed E-state index contributed by atoms with van der Waals surface area (Å²) in [4.78, 5) is 27.1. The Kier molecular flexibility index (Phi) is 3.45. The second-order valence-corrected chi connectivity index (χ2v) is 5.76. The first kappa shape index (κ1) is 14.1. The number of nitrogens with zero attached hydrogens (tertiary/aromatic N) is 1. The quantitative estimate of drug-likeness (QED) is 0.886. The fraction of sp³-hybridized carbons (Fsp3) is 0.333. The van der Waals surface area contributed by atoms with E-state index in [4.69, 9.17) is 11.6 Å². The summed E-state index contributed by atoms with van der Waals surface area (Å²) < 4.78 is 14.6. The molecule has 1 unspecified atom stereocenters. The van der Waals surface area contributed by atoms with Crippen molar-refractivity contribution in [2.45, 2.75) is 25.8 Å². The molecule has 1 saturated carbocycles. The fourth-order valence-corrected chi connectivity index (χ4v) is 2.85. The van der Waals surface area contributed by atoms with Crippen LogP contribution in [0.15, 0.2) is 33.9 Å².